The highest BCUT2D eigenvalue weighted by Gasteiger charge is 2.30. The van der Waals surface area contributed by atoms with Gasteiger partial charge in [0.05, 0.1) is 5.56 Å². The molecule has 5 N–H and O–H groups in total. The quantitative estimate of drug-likeness (QED) is 0.425. The number of benzene rings is 2. The van der Waals surface area contributed by atoms with Crippen LogP contribution in [0.2, 0.25) is 0 Å². The van der Waals surface area contributed by atoms with Gasteiger partial charge in [0.2, 0.25) is 17.7 Å². The van der Waals surface area contributed by atoms with Crippen LogP contribution in [0.4, 0.5) is 36.6 Å². The van der Waals surface area contributed by atoms with Crippen LogP contribution in [0.15, 0.2) is 59.0 Å². The largest absolute Gasteiger partial charge is 0.439 e. The van der Waals surface area contributed by atoms with Crippen molar-refractivity contribution < 1.29 is 22.3 Å². The molecule has 0 amide bonds. The molecule has 4 aromatic rings. The lowest BCUT2D eigenvalue weighted by Crippen LogP contribution is -2.05. The lowest BCUT2D eigenvalue weighted by atomic mass is 10.2. The predicted molar refractivity (Wildman–Crippen MR) is 105 cm³/mol. The third kappa shape index (κ3) is 4.80. The summed E-state index contributed by atoms with van der Waals surface area (Å²) in [6.07, 6.45) is -4.45. The van der Waals surface area contributed by atoms with E-state index in [9.17, 15) is 13.2 Å². The summed E-state index contributed by atoms with van der Waals surface area (Å²) in [7, 11) is 0. The van der Waals surface area contributed by atoms with E-state index in [2.05, 4.69) is 25.5 Å². The van der Waals surface area contributed by atoms with Crippen LogP contribution in [0.25, 0.3) is 11.5 Å². The molecule has 0 atom stereocenters. The molecule has 2 aromatic carbocycles. The van der Waals surface area contributed by atoms with Gasteiger partial charge in [-0.15, -0.1) is 5.10 Å². The molecule has 12 heteroatoms. The smallest absolute Gasteiger partial charge is 0.416 e. The summed E-state index contributed by atoms with van der Waals surface area (Å²) in [4.78, 5) is 7.67. The summed E-state index contributed by atoms with van der Waals surface area (Å²) in [5, 5.41) is 10.4. The lowest BCUT2D eigenvalue weighted by molar-refractivity contribution is -0.137. The van der Waals surface area contributed by atoms with Crippen LogP contribution in [-0.2, 0) is 6.18 Å². The summed E-state index contributed by atoms with van der Waals surface area (Å²) < 4.78 is 49.6. The van der Waals surface area contributed by atoms with Crippen LogP contribution in [0, 0.1) is 0 Å². The molecule has 0 saturated heterocycles. The topological polar surface area (TPSA) is 138 Å². The Morgan fingerprint density at radius 3 is 2.42 bits per heavy atom. The first-order valence-electron chi connectivity index (χ1n) is 8.72. The van der Waals surface area contributed by atoms with E-state index in [-0.39, 0.29) is 35.2 Å². The SMILES string of the molecule is Nc1cc(Oc2ccc(-c3nnc(Nc4cccc(C(F)(F)F)c4)o3)cc2)nc(N)n1. The normalized spacial score (nSPS) is 11.3. The van der Waals surface area contributed by atoms with Gasteiger partial charge in [-0.1, -0.05) is 11.2 Å². The second-order valence-corrected chi connectivity index (χ2v) is 6.23. The Morgan fingerprint density at radius 2 is 1.71 bits per heavy atom. The third-order valence-corrected chi connectivity index (χ3v) is 3.93. The summed E-state index contributed by atoms with van der Waals surface area (Å²) in [6, 6.07) is 12.6. The first-order chi connectivity index (χ1) is 14.8. The molecule has 2 aromatic heterocycles. The van der Waals surface area contributed by atoms with E-state index in [4.69, 9.17) is 20.6 Å². The molecule has 0 fully saturated rings. The van der Waals surface area contributed by atoms with Crippen molar-refractivity contribution in [3.05, 3.63) is 60.2 Å². The van der Waals surface area contributed by atoms with E-state index >= 15 is 0 Å². The Kier molecular flexibility index (Phi) is 5.03. The molecule has 9 nitrogen and oxygen atoms in total. The lowest BCUT2D eigenvalue weighted by Gasteiger charge is -2.08. The molecule has 2 heterocycles. The minimum absolute atomic E-state index is 0.0155. The Morgan fingerprint density at radius 1 is 0.935 bits per heavy atom. The van der Waals surface area contributed by atoms with Crippen LogP contribution >= 0.6 is 0 Å². The van der Waals surface area contributed by atoms with Gasteiger partial charge in [-0.05, 0) is 42.5 Å². The first kappa shape index (κ1) is 19.9. The molecule has 0 radical (unpaired) electrons. The second kappa shape index (κ2) is 7.82. The number of anilines is 4. The van der Waals surface area contributed by atoms with Crippen molar-refractivity contribution in [2.24, 2.45) is 0 Å². The van der Waals surface area contributed by atoms with Crippen LogP contribution < -0.4 is 21.5 Å². The molecule has 0 aliphatic carbocycles. The summed E-state index contributed by atoms with van der Waals surface area (Å²) in [5.74, 6) is 0.951. The maximum atomic E-state index is 12.8. The fraction of sp³-hybridized carbons (Fsp3) is 0.0526. The van der Waals surface area contributed by atoms with Gasteiger partial charge in [0, 0.05) is 17.3 Å². The van der Waals surface area contributed by atoms with E-state index in [1.807, 2.05) is 0 Å². The van der Waals surface area contributed by atoms with E-state index in [1.165, 1.54) is 18.2 Å². The monoisotopic (exact) mass is 429 g/mol. The Labute approximate surface area is 172 Å². The zero-order valence-corrected chi connectivity index (χ0v) is 15.6. The number of aromatic nitrogens is 4. The van der Waals surface area contributed by atoms with E-state index in [1.54, 1.807) is 24.3 Å². The maximum absolute atomic E-state index is 12.8. The summed E-state index contributed by atoms with van der Waals surface area (Å²) in [6.45, 7) is 0. The van der Waals surface area contributed by atoms with Crippen LogP contribution in [-0.4, -0.2) is 20.2 Å². The third-order valence-electron chi connectivity index (χ3n) is 3.93. The highest BCUT2D eigenvalue weighted by molar-refractivity contribution is 5.58. The molecule has 0 saturated carbocycles. The van der Waals surface area contributed by atoms with Gasteiger partial charge < -0.3 is 25.9 Å². The molecular weight excluding hydrogens is 415 g/mol. The van der Waals surface area contributed by atoms with Gasteiger partial charge in [0.1, 0.15) is 11.6 Å². The Hall–Kier alpha value is -4.35. The van der Waals surface area contributed by atoms with Crippen molar-refractivity contribution in [1.82, 2.24) is 20.2 Å². The first-order valence-corrected chi connectivity index (χ1v) is 8.72. The number of nitrogens with zero attached hydrogens (tertiary/aromatic N) is 4. The molecule has 0 unspecified atom stereocenters. The van der Waals surface area contributed by atoms with Gasteiger partial charge in [0.25, 0.3) is 0 Å². The second-order valence-electron chi connectivity index (χ2n) is 6.23. The zero-order valence-electron chi connectivity index (χ0n) is 15.6. The number of nitrogen functional groups attached to an aromatic ring is 2. The van der Waals surface area contributed by atoms with Crippen molar-refractivity contribution in [3.63, 3.8) is 0 Å². The van der Waals surface area contributed by atoms with Crippen LogP contribution in [0.3, 0.4) is 0 Å². The highest BCUT2D eigenvalue weighted by Crippen LogP contribution is 2.32. The van der Waals surface area contributed by atoms with Crippen molar-refractivity contribution in [1.29, 1.82) is 0 Å². The number of hydrogen-bond acceptors (Lipinski definition) is 9. The zero-order chi connectivity index (χ0) is 22.0. The highest BCUT2D eigenvalue weighted by atomic mass is 19.4. The van der Waals surface area contributed by atoms with Crippen LogP contribution in [0.5, 0.6) is 11.6 Å². The average molecular weight is 429 g/mol. The molecule has 0 aliphatic rings. The molecule has 158 valence electrons. The minimum atomic E-state index is -4.45. The number of nitrogens with two attached hydrogens (primary N) is 2. The van der Waals surface area contributed by atoms with Gasteiger partial charge in [-0.3, -0.25) is 0 Å². The van der Waals surface area contributed by atoms with Gasteiger partial charge in [-0.25, -0.2) is 0 Å². The summed E-state index contributed by atoms with van der Waals surface area (Å²) >= 11 is 0. The minimum Gasteiger partial charge on any atom is -0.439 e. The van der Waals surface area contributed by atoms with Crippen molar-refractivity contribution in [2.45, 2.75) is 6.18 Å². The molecular formula is C19H14F3N7O2. The number of rotatable bonds is 5. The standard InChI is InChI=1S/C19H14F3N7O2/c20-19(21,22)11-2-1-3-12(8-11)25-18-29-28-16(31-18)10-4-6-13(7-5-10)30-15-9-14(23)26-17(24)27-15/h1-9H,(H,25,29)(H4,23,24,26,27). The molecule has 31 heavy (non-hydrogen) atoms. The Balaban J connectivity index is 1.47. The molecule has 0 aliphatic heterocycles. The summed E-state index contributed by atoms with van der Waals surface area (Å²) in [5.41, 5.74) is 11.1. The fourth-order valence-corrected chi connectivity index (χ4v) is 2.59. The van der Waals surface area contributed by atoms with Crippen molar-refractivity contribution in [3.8, 4) is 23.1 Å². The van der Waals surface area contributed by atoms with E-state index in [0.717, 1.165) is 12.1 Å². The van der Waals surface area contributed by atoms with Crippen LogP contribution in [0.1, 0.15) is 5.56 Å². The van der Waals surface area contributed by atoms with Crippen molar-refractivity contribution in [2.75, 3.05) is 16.8 Å². The average Bonchev–Trinajstić information content (AvgIpc) is 3.16. The van der Waals surface area contributed by atoms with Gasteiger partial charge in [-0.2, -0.15) is 23.1 Å². The Bertz CT molecular complexity index is 1190. The number of ether oxygens (including phenoxy) is 1. The number of nitrogens with one attached hydrogen (secondary N) is 1. The van der Waals surface area contributed by atoms with Crippen molar-refractivity contribution >= 4 is 23.5 Å². The van der Waals surface area contributed by atoms with E-state index in [0.29, 0.717) is 11.3 Å². The van der Waals surface area contributed by atoms with Gasteiger partial charge >= 0.3 is 12.2 Å². The maximum Gasteiger partial charge on any atom is 0.416 e. The fourth-order valence-electron chi connectivity index (χ4n) is 2.59. The molecule has 4 rings (SSSR count). The predicted octanol–water partition coefficient (Wildman–Crippen LogP) is 4.25. The van der Waals surface area contributed by atoms with Gasteiger partial charge in [0.15, 0.2) is 0 Å². The number of halogens is 3. The number of hydrogen-bond donors (Lipinski definition) is 3. The molecule has 0 bridgehead atoms. The molecule has 0 spiro atoms. The number of alkyl halides is 3. The van der Waals surface area contributed by atoms with E-state index < -0.39 is 11.7 Å².